The van der Waals surface area contributed by atoms with Gasteiger partial charge in [0, 0.05) is 5.92 Å². The van der Waals surface area contributed by atoms with Crippen molar-refractivity contribution in [3.63, 3.8) is 0 Å². The van der Waals surface area contributed by atoms with Crippen LogP contribution in [0.4, 0.5) is 0 Å². The number of aromatic nitrogens is 2. The van der Waals surface area contributed by atoms with Crippen molar-refractivity contribution in [2.45, 2.75) is 26.2 Å². The summed E-state index contributed by atoms with van der Waals surface area (Å²) in [6, 6.07) is 1.06. The zero-order chi connectivity index (χ0) is 9.14. The van der Waals surface area contributed by atoms with Gasteiger partial charge in [0.05, 0.1) is 6.07 Å². The lowest BCUT2D eigenvalue weighted by molar-refractivity contribution is 0.444. The number of aromatic amines is 1. The van der Waals surface area contributed by atoms with Crippen LogP contribution in [0.15, 0.2) is 10.9 Å². The van der Waals surface area contributed by atoms with Gasteiger partial charge in [0.25, 0.3) is 5.56 Å². The second-order valence-electron chi connectivity index (χ2n) is 2.80. The minimum atomic E-state index is -0.308. The van der Waals surface area contributed by atoms with Crippen LogP contribution in [0, 0.1) is 0 Å². The lowest BCUT2D eigenvalue weighted by atomic mass is 10.1. The Kier molecular flexibility index (Phi) is 2.47. The first-order chi connectivity index (χ1) is 5.63. The van der Waals surface area contributed by atoms with Gasteiger partial charge in [0.2, 0.25) is 5.88 Å². The number of hydrogen-bond donors (Lipinski definition) is 2. The SMILES string of the molecule is CCC(C)c1nc(O)cc(=O)[nH]1. The average Bonchev–Trinajstić information content (AvgIpc) is 2.01. The van der Waals surface area contributed by atoms with Crippen molar-refractivity contribution in [1.29, 1.82) is 0 Å². The van der Waals surface area contributed by atoms with E-state index in [2.05, 4.69) is 9.97 Å². The fourth-order valence-electron chi connectivity index (χ4n) is 0.890. The lowest BCUT2D eigenvalue weighted by Gasteiger charge is -2.06. The molecule has 2 N–H and O–H groups in total. The van der Waals surface area contributed by atoms with Gasteiger partial charge < -0.3 is 10.1 Å². The van der Waals surface area contributed by atoms with E-state index in [9.17, 15) is 4.79 Å². The van der Waals surface area contributed by atoms with E-state index in [0.717, 1.165) is 12.5 Å². The van der Waals surface area contributed by atoms with E-state index in [1.165, 1.54) is 0 Å². The molecule has 12 heavy (non-hydrogen) atoms. The van der Waals surface area contributed by atoms with E-state index >= 15 is 0 Å². The molecule has 66 valence electrons. The highest BCUT2D eigenvalue weighted by Crippen LogP contribution is 2.13. The largest absolute Gasteiger partial charge is 0.493 e. The zero-order valence-electron chi connectivity index (χ0n) is 7.16. The summed E-state index contributed by atoms with van der Waals surface area (Å²) in [5.41, 5.74) is -0.308. The van der Waals surface area contributed by atoms with Gasteiger partial charge >= 0.3 is 0 Å². The van der Waals surface area contributed by atoms with Crippen LogP contribution in [0.25, 0.3) is 0 Å². The monoisotopic (exact) mass is 168 g/mol. The molecule has 1 heterocycles. The van der Waals surface area contributed by atoms with E-state index in [4.69, 9.17) is 5.11 Å². The summed E-state index contributed by atoms with van der Waals surface area (Å²) in [4.78, 5) is 17.3. The number of H-pyrrole nitrogens is 1. The Morgan fingerprint density at radius 2 is 2.42 bits per heavy atom. The minimum absolute atomic E-state index is 0.171. The molecule has 4 nitrogen and oxygen atoms in total. The van der Waals surface area contributed by atoms with Crippen LogP contribution in [0.3, 0.4) is 0 Å². The summed E-state index contributed by atoms with van der Waals surface area (Å²) in [6.07, 6.45) is 0.881. The third kappa shape index (κ3) is 1.84. The van der Waals surface area contributed by atoms with Crippen LogP contribution < -0.4 is 5.56 Å². The summed E-state index contributed by atoms with van der Waals surface area (Å²) >= 11 is 0. The summed E-state index contributed by atoms with van der Waals surface area (Å²) in [7, 11) is 0. The Morgan fingerprint density at radius 3 is 2.92 bits per heavy atom. The van der Waals surface area contributed by atoms with Gasteiger partial charge in [0.1, 0.15) is 5.82 Å². The number of hydrogen-bond acceptors (Lipinski definition) is 3. The maximum atomic E-state index is 10.9. The highest BCUT2D eigenvalue weighted by Gasteiger charge is 2.06. The molecule has 0 amide bonds. The van der Waals surface area contributed by atoms with Crippen molar-refractivity contribution in [3.05, 3.63) is 22.2 Å². The molecule has 0 aliphatic heterocycles. The molecule has 1 atom stereocenters. The predicted molar refractivity (Wildman–Crippen MR) is 45.2 cm³/mol. The highest BCUT2D eigenvalue weighted by atomic mass is 16.3. The molecule has 0 aromatic carbocycles. The van der Waals surface area contributed by atoms with Crippen LogP contribution in [0.1, 0.15) is 32.0 Å². The van der Waals surface area contributed by atoms with Crippen LogP contribution in [0.5, 0.6) is 5.88 Å². The second-order valence-corrected chi connectivity index (χ2v) is 2.80. The smallest absolute Gasteiger partial charge is 0.254 e. The Balaban J connectivity index is 3.08. The molecule has 0 bridgehead atoms. The third-order valence-electron chi connectivity index (χ3n) is 1.83. The van der Waals surface area contributed by atoms with E-state index in [-0.39, 0.29) is 17.4 Å². The third-order valence-corrected chi connectivity index (χ3v) is 1.83. The molecule has 0 saturated carbocycles. The summed E-state index contributed by atoms with van der Waals surface area (Å²) < 4.78 is 0. The molecular formula is C8H12N2O2. The molecule has 0 aliphatic carbocycles. The van der Waals surface area contributed by atoms with Crippen molar-refractivity contribution < 1.29 is 5.11 Å². The van der Waals surface area contributed by atoms with Gasteiger partial charge in [0.15, 0.2) is 0 Å². The van der Waals surface area contributed by atoms with Gasteiger partial charge in [-0.05, 0) is 6.42 Å². The van der Waals surface area contributed by atoms with E-state index in [1.54, 1.807) is 0 Å². The van der Waals surface area contributed by atoms with Gasteiger partial charge in [-0.1, -0.05) is 13.8 Å². The number of rotatable bonds is 2. The van der Waals surface area contributed by atoms with Gasteiger partial charge in [-0.2, -0.15) is 0 Å². The normalized spacial score (nSPS) is 12.8. The van der Waals surface area contributed by atoms with Crippen LogP contribution in [-0.4, -0.2) is 15.1 Å². The van der Waals surface area contributed by atoms with E-state index in [1.807, 2.05) is 13.8 Å². The molecule has 1 rings (SSSR count). The first kappa shape index (κ1) is 8.77. The number of nitrogens with zero attached hydrogens (tertiary/aromatic N) is 1. The summed E-state index contributed by atoms with van der Waals surface area (Å²) in [5.74, 6) is 0.501. The maximum absolute atomic E-state index is 10.9. The molecule has 1 aromatic rings. The molecule has 1 unspecified atom stereocenters. The van der Waals surface area contributed by atoms with E-state index in [0.29, 0.717) is 5.82 Å². The van der Waals surface area contributed by atoms with Gasteiger partial charge in [-0.3, -0.25) is 4.79 Å². The van der Waals surface area contributed by atoms with Crippen molar-refractivity contribution >= 4 is 0 Å². The Morgan fingerprint density at radius 1 is 1.75 bits per heavy atom. The van der Waals surface area contributed by atoms with Crippen LogP contribution in [-0.2, 0) is 0 Å². The zero-order valence-corrected chi connectivity index (χ0v) is 7.16. The molecule has 4 heteroatoms. The van der Waals surface area contributed by atoms with Crippen molar-refractivity contribution in [3.8, 4) is 5.88 Å². The number of nitrogens with one attached hydrogen (secondary N) is 1. The van der Waals surface area contributed by atoms with Crippen molar-refractivity contribution in [2.24, 2.45) is 0 Å². The highest BCUT2D eigenvalue weighted by molar-refractivity contribution is 5.08. The topological polar surface area (TPSA) is 66.0 Å². The number of aromatic hydroxyl groups is 1. The first-order valence-electron chi connectivity index (χ1n) is 3.93. The van der Waals surface area contributed by atoms with Gasteiger partial charge in [-0.15, -0.1) is 0 Å². The maximum Gasteiger partial charge on any atom is 0.254 e. The predicted octanol–water partition coefficient (Wildman–Crippen LogP) is 0.989. The molecule has 1 aromatic heterocycles. The Bertz CT molecular complexity index is 319. The van der Waals surface area contributed by atoms with Crippen LogP contribution in [0.2, 0.25) is 0 Å². The van der Waals surface area contributed by atoms with Crippen molar-refractivity contribution in [1.82, 2.24) is 9.97 Å². The average molecular weight is 168 g/mol. The lowest BCUT2D eigenvalue weighted by Crippen LogP contribution is -2.11. The Labute approximate surface area is 70.3 Å². The molecule has 0 saturated heterocycles. The fraction of sp³-hybridized carbons (Fsp3) is 0.500. The molecular weight excluding hydrogens is 156 g/mol. The quantitative estimate of drug-likeness (QED) is 0.692. The molecule has 0 radical (unpaired) electrons. The summed E-state index contributed by atoms with van der Waals surface area (Å²) in [6.45, 7) is 3.94. The van der Waals surface area contributed by atoms with Crippen molar-refractivity contribution in [2.75, 3.05) is 0 Å². The Hall–Kier alpha value is -1.32. The first-order valence-corrected chi connectivity index (χ1v) is 3.93. The molecule has 0 spiro atoms. The fourth-order valence-corrected chi connectivity index (χ4v) is 0.890. The van der Waals surface area contributed by atoms with E-state index < -0.39 is 0 Å². The standard InChI is InChI=1S/C8H12N2O2/c1-3-5(2)8-9-6(11)4-7(12)10-8/h4-5H,3H2,1-2H3,(H2,9,10,11,12). The van der Waals surface area contributed by atoms with Gasteiger partial charge in [-0.25, -0.2) is 4.98 Å². The minimum Gasteiger partial charge on any atom is -0.493 e. The molecule has 0 fully saturated rings. The second kappa shape index (κ2) is 3.38. The molecule has 0 aliphatic rings. The van der Waals surface area contributed by atoms with Crippen LogP contribution >= 0.6 is 0 Å². The summed E-state index contributed by atoms with van der Waals surface area (Å²) in [5, 5.41) is 9.01.